The Labute approximate surface area is 162 Å². The van der Waals surface area contributed by atoms with Crippen molar-refractivity contribution in [3.05, 3.63) is 0 Å². The lowest BCUT2D eigenvalue weighted by Crippen LogP contribution is -2.72. The molecule has 8 nitrogen and oxygen atoms in total. The molecule has 0 radical (unpaired) electrons. The molecule has 2 fully saturated rings. The van der Waals surface area contributed by atoms with Gasteiger partial charge in [-0.05, 0) is 51.2 Å². The second-order valence-electron chi connectivity index (χ2n) is 8.56. The van der Waals surface area contributed by atoms with Gasteiger partial charge in [-0.15, -0.1) is 0 Å². The maximum Gasteiger partial charge on any atom is 0.433 e. The number of rotatable bonds is 8. The van der Waals surface area contributed by atoms with Crippen molar-refractivity contribution in [3.63, 3.8) is 0 Å². The molecule has 2 aliphatic rings. The summed E-state index contributed by atoms with van der Waals surface area (Å²) in [6, 6.07) is 0.00579. The summed E-state index contributed by atoms with van der Waals surface area (Å²) in [6.45, 7) is 11.4. The first-order chi connectivity index (χ1) is 12.7. The lowest BCUT2D eigenvalue weighted by Gasteiger charge is -2.53. The molecule has 2 saturated heterocycles. The van der Waals surface area contributed by atoms with Crippen molar-refractivity contribution in [2.75, 3.05) is 33.2 Å². The fourth-order valence-electron chi connectivity index (χ4n) is 4.09. The number of carboxylic acid groups (broad SMARTS) is 1. The molecule has 156 valence electrons. The minimum atomic E-state index is -1.13. The van der Waals surface area contributed by atoms with Gasteiger partial charge < -0.3 is 15.3 Å². The first kappa shape index (κ1) is 21.9. The van der Waals surface area contributed by atoms with Crippen LogP contribution in [0.5, 0.6) is 0 Å². The number of hydroxylamine groups is 2. The number of amides is 2. The third-order valence-electron chi connectivity index (χ3n) is 5.16. The Morgan fingerprint density at radius 1 is 1.22 bits per heavy atom. The largest absolute Gasteiger partial charge is 0.463 e. The molecule has 2 aliphatic heterocycles. The fraction of sp³-hybridized carbons (Fsp3) is 0.895. The molecule has 27 heavy (non-hydrogen) atoms. The van der Waals surface area contributed by atoms with Crippen LogP contribution in [0.2, 0.25) is 0 Å². The molecule has 0 spiro atoms. The van der Waals surface area contributed by atoms with Crippen LogP contribution in [0, 0.1) is 11.8 Å². The molecule has 0 saturated carbocycles. The molecule has 2 amide bonds. The van der Waals surface area contributed by atoms with E-state index in [2.05, 4.69) is 24.1 Å². The third-order valence-corrected chi connectivity index (χ3v) is 5.16. The molecule has 8 heteroatoms. The minimum Gasteiger partial charge on any atom is -0.463 e. The average Bonchev–Trinajstić information content (AvgIpc) is 2.56. The molecule has 2 rings (SSSR count). The SMILES string of the molecule is CNCCCN1CC2N(C(=O)O)O[C@H](CC(C)C)C(=O)N2[C@@H](CC(C)C)C1. The van der Waals surface area contributed by atoms with Crippen LogP contribution in [0.3, 0.4) is 0 Å². The van der Waals surface area contributed by atoms with E-state index in [1.807, 2.05) is 20.9 Å². The van der Waals surface area contributed by atoms with E-state index in [0.717, 1.165) is 37.5 Å². The highest BCUT2D eigenvalue weighted by molar-refractivity contribution is 5.83. The number of carbonyl (C=O) groups excluding carboxylic acids is 1. The van der Waals surface area contributed by atoms with Crippen molar-refractivity contribution in [2.45, 2.75) is 65.3 Å². The second-order valence-corrected chi connectivity index (χ2v) is 8.56. The summed E-state index contributed by atoms with van der Waals surface area (Å²) in [6.07, 6.45) is -0.0752. The topological polar surface area (TPSA) is 85.4 Å². The maximum absolute atomic E-state index is 13.2. The molecule has 0 aromatic rings. The first-order valence-corrected chi connectivity index (χ1v) is 10.1. The molecule has 0 aromatic carbocycles. The fourth-order valence-corrected chi connectivity index (χ4v) is 4.09. The summed E-state index contributed by atoms with van der Waals surface area (Å²) in [5.41, 5.74) is 0. The van der Waals surface area contributed by atoms with E-state index >= 15 is 0 Å². The summed E-state index contributed by atoms with van der Waals surface area (Å²) < 4.78 is 0. The molecule has 2 N–H and O–H groups in total. The van der Waals surface area contributed by atoms with Gasteiger partial charge in [0.15, 0.2) is 6.10 Å². The van der Waals surface area contributed by atoms with Gasteiger partial charge in [-0.1, -0.05) is 27.7 Å². The highest BCUT2D eigenvalue weighted by atomic mass is 16.7. The monoisotopic (exact) mass is 384 g/mol. The zero-order valence-electron chi connectivity index (χ0n) is 17.4. The Hall–Kier alpha value is -1.38. The molecular formula is C19H36N4O4. The summed E-state index contributed by atoms with van der Waals surface area (Å²) in [5.74, 6) is 0.606. The van der Waals surface area contributed by atoms with Crippen LogP contribution < -0.4 is 5.32 Å². The summed E-state index contributed by atoms with van der Waals surface area (Å²) in [7, 11) is 1.92. The van der Waals surface area contributed by atoms with Crippen LogP contribution in [-0.4, -0.2) is 83.5 Å². The van der Waals surface area contributed by atoms with E-state index < -0.39 is 18.4 Å². The predicted molar refractivity (Wildman–Crippen MR) is 103 cm³/mol. The van der Waals surface area contributed by atoms with Gasteiger partial charge in [-0.3, -0.25) is 14.5 Å². The van der Waals surface area contributed by atoms with Gasteiger partial charge in [0.2, 0.25) is 0 Å². The smallest absolute Gasteiger partial charge is 0.433 e. The predicted octanol–water partition coefficient (Wildman–Crippen LogP) is 1.82. The van der Waals surface area contributed by atoms with Gasteiger partial charge in [-0.25, -0.2) is 4.79 Å². The quantitative estimate of drug-likeness (QED) is 0.621. The van der Waals surface area contributed by atoms with Crippen LogP contribution in [0.25, 0.3) is 0 Å². The van der Waals surface area contributed by atoms with E-state index in [9.17, 15) is 14.7 Å². The highest BCUT2D eigenvalue weighted by Crippen LogP contribution is 2.31. The molecular weight excluding hydrogens is 348 g/mol. The van der Waals surface area contributed by atoms with Gasteiger partial charge in [0, 0.05) is 19.1 Å². The zero-order valence-corrected chi connectivity index (χ0v) is 17.4. The van der Waals surface area contributed by atoms with E-state index in [1.54, 1.807) is 4.90 Å². The van der Waals surface area contributed by atoms with E-state index in [-0.39, 0.29) is 17.9 Å². The van der Waals surface area contributed by atoms with Crippen LogP contribution in [0.1, 0.15) is 47.0 Å². The van der Waals surface area contributed by atoms with E-state index in [0.29, 0.717) is 18.9 Å². The van der Waals surface area contributed by atoms with Crippen LogP contribution in [0.15, 0.2) is 0 Å². The highest BCUT2D eigenvalue weighted by Gasteiger charge is 2.49. The molecule has 2 heterocycles. The van der Waals surface area contributed by atoms with E-state index in [4.69, 9.17) is 4.84 Å². The van der Waals surface area contributed by atoms with Crippen molar-refractivity contribution < 1.29 is 19.5 Å². The summed E-state index contributed by atoms with van der Waals surface area (Å²) in [4.78, 5) is 34.8. The van der Waals surface area contributed by atoms with Gasteiger partial charge in [0.25, 0.3) is 5.91 Å². The van der Waals surface area contributed by atoms with Crippen molar-refractivity contribution in [1.29, 1.82) is 0 Å². The summed E-state index contributed by atoms with van der Waals surface area (Å²) >= 11 is 0. The van der Waals surface area contributed by atoms with Crippen molar-refractivity contribution in [2.24, 2.45) is 11.8 Å². The van der Waals surface area contributed by atoms with Crippen LogP contribution in [0.4, 0.5) is 4.79 Å². The standard InChI is InChI=1S/C19H36N4O4/c1-13(2)9-15-11-21(8-6-7-20-5)12-17-22(15)18(24)16(10-14(3)4)27-23(17)19(25)26/h13-17,20H,6-12H2,1-5H3,(H,25,26)/t15-,16+,17?/m0/s1. The zero-order chi connectivity index (χ0) is 20.1. The van der Waals surface area contributed by atoms with Gasteiger partial charge >= 0.3 is 6.09 Å². The number of nitrogens with zero attached hydrogens (tertiary/aromatic N) is 3. The number of nitrogens with one attached hydrogen (secondary N) is 1. The molecule has 1 unspecified atom stereocenters. The van der Waals surface area contributed by atoms with Crippen LogP contribution >= 0.6 is 0 Å². The molecule has 0 bridgehead atoms. The lowest BCUT2D eigenvalue weighted by molar-refractivity contribution is -0.269. The maximum atomic E-state index is 13.2. The Kier molecular flexibility index (Phi) is 7.88. The molecule has 0 aromatic heterocycles. The molecule has 3 atom stereocenters. The van der Waals surface area contributed by atoms with Gasteiger partial charge in [-0.2, -0.15) is 5.06 Å². The second kappa shape index (κ2) is 9.71. The van der Waals surface area contributed by atoms with Crippen molar-refractivity contribution >= 4 is 12.0 Å². The Balaban J connectivity index is 2.26. The minimum absolute atomic E-state index is 0.00579. The van der Waals surface area contributed by atoms with Gasteiger partial charge in [0.1, 0.15) is 6.17 Å². The van der Waals surface area contributed by atoms with Crippen molar-refractivity contribution in [3.8, 4) is 0 Å². The number of piperazine rings is 1. The van der Waals surface area contributed by atoms with Crippen LogP contribution in [-0.2, 0) is 9.63 Å². The van der Waals surface area contributed by atoms with Crippen molar-refractivity contribution in [1.82, 2.24) is 20.2 Å². The van der Waals surface area contributed by atoms with E-state index in [1.165, 1.54) is 0 Å². The number of hydrogen-bond acceptors (Lipinski definition) is 5. The number of carbonyl (C=O) groups is 2. The Bertz CT molecular complexity index is 514. The number of fused-ring (bicyclic) bond motifs is 1. The Morgan fingerprint density at radius 2 is 1.89 bits per heavy atom. The number of hydrogen-bond donors (Lipinski definition) is 2. The average molecular weight is 385 g/mol. The molecule has 0 aliphatic carbocycles. The normalized spacial score (nSPS) is 26.8. The first-order valence-electron chi connectivity index (χ1n) is 10.1. The third kappa shape index (κ3) is 5.56. The Morgan fingerprint density at radius 3 is 2.44 bits per heavy atom. The summed E-state index contributed by atoms with van der Waals surface area (Å²) in [5, 5.41) is 13.9. The lowest BCUT2D eigenvalue weighted by atomic mass is 9.96. The van der Waals surface area contributed by atoms with Gasteiger partial charge in [0.05, 0.1) is 0 Å².